The average molecular weight is 509 g/mol. The van der Waals surface area contributed by atoms with Crippen molar-refractivity contribution in [3.05, 3.63) is 63.8 Å². The van der Waals surface area contributed by atoms with E-state index in [9.17, 15) is 14.4 Å². The van der Waals surface area contributed by atoms with Gasteiger partial charge in [0, 0.05) is 37.4 Å². The number of hydrogen-bond acceptors (Lipinski definition) is 8. The molecule has 0 spiro atoms. The number of benzene rings is 1. The second kappa shape index (κ2) is 9.20. The van der Waals surface area contributed by atoms with Crippen molar-refractivity contribution in [2.24, 2.45) is 0 Å². The first-order valence-electron chi connectivity index (χ1n) is 11.8. The number of pyridine rings is 1. The smallest absolute Gasteiger partial charge is 0.230 e. The lowest BCUT2D eigenvalue weighted by molar-refractivity contribution is -0.141. The van der Waals surface area contributed by atoms with Crippen molar-refractivity contribution in [2.75, 3.05) is 32.8 Å². The molecule has 0 radical (unpaired) electrons. The van der Waals surface area contributed by atoms with Gasteiger partial charge in [-0.2, -0.15) is 9.94 Å². The highest BCUT2D eigenvalue weighted by Gasteiger charge is 2.39. The normalized spacial score (nSPS) is 23.7. The fraction of sp³-hybridized carbons (Fsp3) is 0.417. The molecule has 2 aromatic heterocycles. The van der Waals surface area contributed by atoms with Crippen molar-refractivity contribution < 1.29 is 13.9 Å². The molecule has 6 rings (SSSR count). The van der Waals surface area contributed by atoms with E-state index in [0.29, 0.717) is 44.2 Å². The largest absolute Gasteiger partial charge is 0.370 e. The number of ether oxygens (including phenoxy) is 1. The third kappa shape index (κ3) is 3.91. The number of aryl methyl sites for hydroxylation is 1. The minimum Gasteiger partial charge on any atom is -0.370 e. The molecule has 36 heavy (non-hydrogen) atoms. The van der Waals surface area contributed by atoms with E-state index in [-0.39, 0.29) is 34.6 Å². The van der Waals surface area contributed by atoms with Gasteiger partial charge >= 0.3 is 0 Å². The maximum Gasteiger partial charge on any atom is 0.230 e. The predicted molar refractivity (Wildman–Crippen MR) is 125 cm³/mol. The Morgan fingerprint density at radius 1 is 1.19 bits per heavy atom. The van der Waals surface area contributed by atoms with Gasteiger partial charge in [-0.25, -0.2) is 9.37 Å². The highest BCUT2D eigenvalue weighted by atomic mass is 35.5. The van der Waals surface area contributed by atoms with Crippen molar-refractivity contribution in [1.82, 2.24) is 35.0 Å². The topological polar surface area (TPSA) is 113 Å². The summed E-state index contributed by atoms with van der Waals surface area (Å²) in [6, 6.07) is 8.53. The van der Waals surface area contributed by atoms with Crippen LogP contribution < -0.4 is 0 Å². The maximum atomic E-state index is 13.9. The molecule has 0 bridgehead atoms. The van der Waals surface area contributed by atoms with Crippen LogP contribution in [0.1, 0.15) is 40.8 Å². The number of carbonyl (C=O) groups excluding carboxylic acids is 1. The van der Waals surface area contributed by atoms with Crippen molar-refractivity contribution in [1.29, 1.82) is 5.26 Å². The molecule has 184 valence electrons. The predicted octanol–water partition coefficient (Wildman–Crippen LogP) is 2.04. The van der Waals surface area contributed by atoms with Gasteiger partial charge in [0.15, 0.2) is 5.82 Å². The SMILES string of the molecule is N#Cc1c(F)ccc([C@H]2CN3CCN(C(=O)C4CCc5nc(-n6cnnn6)ccc54)C[C@H]3CO2)c1Cl. The summed E-state index contributed by atoms with van der Waals surface area (Å²) in [6.45, 7) is 2.89. The second-order valence-corrected chi connectivity index (χ2v) is 9.62. The lowest BCUT2D eigenvalue weighted by atomic mass is 9.98. The molecule has 2 fully saturated rings. The molecule has 1 aliphatic carbocycles. The minimum absolute atomic E-state index is 0.0646. The van der Waals surface area contributed by atoms with Crippen LogP contribution in [0.2, 0.25) is 5.02 Å². The number of aromatic nitrogens is 5. The molecule has 1 amide bonds. The Kier molecular flexibility index (Phi) is 5.87. The number of nitrogens with zero attached hydrogens (tertiary/aromatic N) is 8. The van der Waals surface area contributed by atoms with Crippen molar-refractivity contribution in [2.45, 2.75) is 30.9 Å². The highest BCUT2D eigenvalue weighted by molar-refractivity contribution is 6.32. The summed E-state index contributed by atoms with van der Waals surface area (Å²) in [5.74, 6) is -0.0886. The van der Waals surface area contributed by atoms with Gasteiger partial charge in [-0.15, -0.1) is 5.10 Å². The molecule has 10 nitrogen and oxygen atoms in total. The third-order valence-corrected chi connectivity index (χ3v) is 7.72. The van der Waals surface area contributed by atoms with Crippen molar-refractivity contribution >= 4 is 17.5 Å². The number of fused-ring (bicyclic) bond motifs is 2. The molecule has 1 aromatic carbocycles. The van der Waals surface area contributed by atoms with Gasteiger partial charge in [0.25, 0.3) is 0 Å². The summed E-state index contributed by atoms with van der Waals surface area (Å²) >= 11 is 6.31. The monoisotopic (exact) mass is 508 g/mol. The van der Waals surface area contributed by atoms with E-state index < -0.39 is 5.82 Å². The molecule has 12 heteroatoms. The number of tetrazole rings is 1. The van der Waals surface area contributed by atoms with Crippen LogP contribution in [0.5, 0.6) is 0 Å². The first kappa shape index (κ1) is 23.0. The number of amides is 1. The van der Waals surface area contributed by atoms with Gasteiger partial charge in [-0.3, -0.25) is 9.69 Å². The number of morpholine rings is 1. The van der Waals surface area contributed by atoms with E-state index in [1.54, 1.807) is 6.07 Å². The van der Waals surface area contributed by atoms with Crippen LogP contribution in [0.15, 0.2) is 30.6 Å². The minimum atomic E-state index is -0.637. The lowest BCUT2D eigenvalue weighted by Crippen LogP contribution is -2.60. The maximum absolute atomic E-state index is 13.9. The fourth-order valence-corrected chi connectivity index (χ4v) is 5.73. The Balaban J connectivity index is 1.12. The molecule has 2 aliphatic heterocycles. The number of piperazine rings is 1. The molecule has 3 atom stereocenters. The fourth-order valence-electron chi connectivity index (χ4n) is 5.42. The number of nitriles is 1. The number of hydrogen-bond donors (Lipinski definition) is 0. The summed E-state index contributed by atoms with van der Waals surface area (Å²) < 4.78 is 21.5. The van der Waals surface area contributed by atoms with Gasteiger partial charge < -0.3 is 9.64 Å². The van der Waals surface area contributed by atoms with Crippen molar-refractivity contribution in [3.8, 4) is 11.9 Å². The van der Waals surface area contributed by atoms with Gasteiger partial charge in [-0.05, 0) is 41.0 Å². The van der Waals surface area contributed by atoms with E-state index in [1.807, 2.05) is 23.1 Å². The van der Waals surface area contributed by atoms with Gasteiger partial charge in [0.2, 0.25) is 5.91 Å². The van der Waals surface area contributed by atoms with Crippen LogP contribution in [-0.2, 0) is 16.0 Å². The molecule has 3 aromatic rings. The van der Waals surface area contributed by atoms with E-state index in [0.717, 1.165) is 24.1 Å². The Morgan fingerprint density at radius 2 is 2.06 bits per heavy atom. The Bertz CT molecular complexity index is 1360. The molecule has 3 aliphatic rings. The van der Waals surface area contributed by atoms with E-state index in [1.165, 1.54) is 17.1 Å². The molecule has 2 saturated heterocycles. The summed E-state index contributed by atoms with van der Waals surface area (Å²) in [5, 5.41) is 20.5. The van der Waals surface area contributed by atoms with Crippen LogP contribution in [0.25, 0.3) is 5.82 Å². The lowest BCUT2D eigenvalue weighted by Gasteiger charge is -2.46. The molecule has 1 unspecified atom stereocenters. The van der Waals surface area contributed by atoms with Crippen LogP contribution in [-0.4, -0.2) is 79.7 Å². The summed E-state index contributed by atoms with van der Waals surface area (Å²) in [4.78, 5) is 22.4. The van der Waals surface area contributed by atoms with E-state index in [2.05, 4.69) is 25.4 Å². The Morgan fingerprint density at radius 3 is 2.86 bits per heavy atom. The van der Waals surface area contributed by atoms with Gasteiger partial charge in [0.1, 0.15) is 23.8 Å². The van der Waals surface area contributed by atoms with E-state index >= 15 is 0 Å². The third-order valence-electron chi connectivity index (χ3n) is 7.31. The zero-order valence-electron chi connectivity index (χ0n) is 19.2. The van der Waals surface area contributed by atoms with Crippen LogP contribution in [0.4, 0.5) is 4.39 Å². The highest BCUT2D eigenvalue weighted by Crippen LogP contribution is 2.36. The molecular formula is C24H22ClFN8O2. The Hall–Kier alpha value is -3.46. The molecule has 0 saturated carbocycles. The van der Waals surface area contributed by atoms with Crippen LogP contribution in [0, 0.1) is 17.1 Å². The van der Waals surface area contributed by atoms with Crippen molar-refractivity contribution in [3.63, 3.8) is 0 Å². The first-order chi connectivity index (χ1) is 17.5. The molecule has 0 N–H and O–H groups in total. The summed E-state index contributed by atoms with van der Waals surface area (Å²) in [6.07, 6.45) is 2.60. The summed E-state index contributed by atoms with van der Waals surface area (Å²) in [7, 11) is 0. The molecular weight excluding hydrogens is 487 g/mol. The zero-order valence-corrected chi connectivity index (χ0v) is 20.0. The van der Waals surface area contributed by atoms with E-state index in [4.69, 9.17) is 16.3 Å². The average Bonchev–Trinajstić information content (AvgIpc) is 3.58. The second-order valence-electron chi connectivity index (χ2n) is 9.24. The first-order valence-corrected chi connectivity index (χ1v) is 12.2. The molecule has 4 heterocycles. The van der Waals surface area contributed by atoms with Crippen LogP contribution >= 0.6 is 11.6 Å². The standard InChI is InChI=1S/C24H22ClFN8O2/c25-23-17(1-4-19(26)18(23)9-27)21-11-32-7-8-33(10-14(32)12-36-21)24(35)16-2-5-20-15(16)3-6-22(29-20)34-13-28-30-31-34/h1,3-4,6,13-14,16,21H,2,5,7-8,10-12H2/t14-,16?,21+/m0/s1. The quantitative estimate of drug-likeness (QED) is 0.528. The van der Waals surface area contributed by atoms with Gasteiger partial charge in [-0.1, -0.05) is 23.7 Å². The number of carbonyl (C=O) groups is 1. The van der Waals surface area contributed by atoms with Crippen LogP contribution in [0.3, 0.4) is 0 Å². The summed E-state index contributed by atoms with van der Waals surface area (Å²) in [5.41, 5.74) is 2.34. The zero-order chi connectivity index (χ0) is 24.8. The number of halogens is 2. The van der Waals surface area contributed by atoms with Gasteiger partial charge in [0.05, 0.1) is 29.7 Å². The number of rotatable bonds is 3. The Labute approximate surface area is 211 Å².